The molecule has 0 aromatic carbocycles. The van der Waals surface area contributed by atoms with Gasteiger partial charge in [-0.2, -0.15) is 0 Å². The van der Waals surface area contributed by atoms with E-state index in [9.17, 15) is 0 Å². The fourth-order valence-electron chi connectivity index (χ4n) is 2.38. The summed E-state index contributed by atoms with van der Waals surface area (Å²) < 4.78 is 7.28. The van der Waals surface area contributed by atoms with Gasteiger partial charge in [-0.15, -0.1) is 0 Å². The molecule has 0 radical (unpaired) electrons. The Bertz CT molecular complexity index is 351. The van der Waals surface area contributed by atoms with E-state index in [4.69, 9.17) is 4.42 Å². The van der Waals surface area contributed by atoms with Crippen LogP contribution >= 0.6 is 31.9 Å². The van der Waals surface area contributed by atoms with E-state index in [1.54, 1.807) is 0 Å². The Morgan fingerprint density at radius 1 is 1.35 bits per heavy atom. The van der Waals surface area contributed by atoms with Crippen LogP contribution in [0, 0.1) is 0 Å². The molecule has 1 aromatic heterocycles. The van der Waals surface area contributed by atoms with E-state index in [1.807, 2.05) is 6.07 Å². The van der Waals surface area contributed by atoms with Crippen LogP contribution in [0.15, 0.2) is 19.6 Å². The average molecular weight is 366 g/mol. The minimum Gasteiger partial charge on any atom is -0.452 e. The van der Waals surface area contributed by atoms with Crippen LogP contribution in [-0.2, 0) is 6.54 Å². The summed E-state index contributed by atoms with van der Waals surface area (Å²) in [6.07, 6.45) is 3.87. The number of hydrogen-bond acceptors (Lipinski definition) is 3. The molecule has 2 unspecified atom stereocenters. The highest BCUT2D eigenvalue weighted by Gasteiger charge is 2.24. The third-order valence-corrected chi connectivity index (χ3v) is 5.04. The van der Waals surface area contributed by atoms with Gasteiger partial charge < -0.3 is 4.42 Å². The Morgan fingerprint density at radius 3 is 2.53 bits per heavy atom. The number of nitrogens with one attached hydrogen (secondary N) is 1. The third kappa shape index (κ3) is 3.34. The number of halogens is 2. The van der Waals surface area contributed by atoms with E-state index in [0.29, 0.717) is 12.1 Å². The minimum absolute atomic E-state index is 0.598. The van der Waals surface area contributed by atoms with Crippen LogP contribution in [0.1, 0.15) is 38.9 Å². The van der Waals surface area contributed by atoms with Gasteiger partial charge in [0.05, 0.1) is 11.0 Å². The average Bonchev–Trinajstić information content (AvgIpc) is 2.58. The molecule has 1 aliphatic heterocycles. The fraction of sp³-hybridized carbons (Fsp3) is 0.667. The molecular weight excluding hydrogens is 348 g/mol. The second kappa shape index (κ2) is 5.87. The van der Waals surface area contributed by atoms with E-state index >= 15 is 0 Å². The Kier molecular flexibility index (Phi) is 4.69. The van der Waals surface area contributed by atoms with E-state index < -0.39 is 0 Å². The lowest BCUT2D eigenvalue weighted by Gasteiger charge is -2.38. The number of hydrazine groups is 1. The number of piperidine rings is 1. The first kappa shape index (κ1) is 13.6. The van der Waals surface area contributed by atoms with Crippen molar-refractivity contribution >= 4 is 31.9 Å². The van der Waals surface area contributed by atoms with Crippen molar-refractivity contribution in [2.75, 3.05) is 0 Å². The summed E-state index contributed by atoms with van der Waals surface area (Å²) in [6.45, 7) is 5.28. The number of nitrogens with zero attached hydrogens (tertiary/aromatic N) is 1. The predicted molar refractivity (Wildman–Crippen MR) is 75.6 cm³/mol. The number of furan rings is 1. The first-order valence-electron chi connectivity index (χ1n) is 6.03. The molecule has 0 saturated carbocycles. The van der Waals surface area contributed by atoms with Crippen molar-refractivity contribution in [3.05, 3.63) is 21.0 Å². The summed E-state index contributed by atoms with van der Waals surface area (Å²) in [5.41, 5.74) is 3.48. The molecule has 0 aliphatic carbocycles. The highest BCUT2D eigenvalue weighted by molar-refractivity contribution is 9.13. The van der Waals surface area contributed by atoms with Crippen LogP contribution < -0.4 is 5.43 Å². The molecule has 0 amide bonds. The molecule has 3 nitrogen and oxygen atoms in total. The van der Waals surface area contributed by atoms with Crippen molar-refractivity contribution in [1.82, 2.24) is 10.4 Å². The fourth-order valence-corrected chi connectivity index (χ4v) is 3.04. The molecular formula is C12H18Br2N2O. The van der Waals surface area contributed by atoms with Crippen molar-refractivity contribution in [2.24, 2.45) is 0 Å². The van der Waals surface area contributed by atoms with Crippen molar-refractivity contribution in [3.8, 4) is 0 Å². The maximum Gasteiger partial charge on any atom is 0.183 e. The van der Waals surface area contributed by atoms with E-state index in [0.717, 1.165) is 21.4 Å². The van der Waals surface area contributed by atoms with Gasteiger partial charge in [-0.05, 0) is 64.6 Å². The topological polar surface area (TPSA) is 28.4 Å². The summed E-state index contributed by atoms with van der Waals surface area (Å²) in [4.78, 5) is 0. The lowest BCUT2D eigenvalue weighted by atomic mass is 10.00. The van der Waals surface area contributed by atoms with Crippen molar-refractivity contribution < 1.29 is 4.42 Å². The number of hydrogen-bond donors (Lipinski definition) is 1. The third-order valence-electron chi connectivity index (χ3n) is 3.33. The van der Waals surface area contributed by atoms with Gasteiger partial charge in [0, 0.05) is 12.1 Å². The van der Waals surface area contributed by atoms with Crippen molar-refractivity contribution in [1.29, 1.82) is 0 Å². The molecule has 0 spiro atoms. The zero-order valence-corrected chi connectivity index (χ0v) is 13.3. The van der Waals surface area contributed by atoms with Gasteiger partial charge in [0.1, 0.15) is 5.76 Å². The Morgan fingerprint density at radius 2 is 2.00 bits per heavy atom. The molecule has 1 aromatic rings. The first-order chi connectivity index (χ1) is 8.08. The minimum atomic E-state index is 0.598. The molecule has 2 heterocycles. The lowest BCUT2D eigenvalue weighted by Crippen LogP contribution is -2.51. The van der Waals surface area contributed by atoms with Gasteiger partial charge in [-0.25, -0.2) is 10.4 Å². The van der Waals surface area contributed by atoms with E-state index in [-0.39, 0.29) is 0 Å². The molecule has 2 rings (SSSR count). The van der Waals surface area contributed by atoms with E-state index in [2.05, 4.69) is 56.1 Å². The second-order valence-electron chi connectivity index (χ2n) is 4.71. The van der Waals surface area contributed by atoms with E-state index in [1.165, 1.54) is 19.3 Å². The molecule has 0 bridgehead atoms. The molecule has 1 saturated heterocycles. The molecule has 96 valence electrons. The maximum absolute atomic E-state index is 5.56. The molecule has 5 heteroatoms. The van der Waals surface area contributed by atoms with Crippen molar-refractivity contribution in [3.63, 3.8) is 0 Å². The predicted octanol–water partition coefficient (Wildman–Crippen LogP) is 4.07. The summed E-state index contributed by atoms with van der Waals surface area (Å²) >= 11 is 6.77. The van der Waals surface area contributed by atoms with Crippen LogP contribution in [-0.4, -0.2) is 17.1 Å². The second-order valence-corrected chi connectivity index (χ2v) is 6.28. The summed E-state index contributed by atoms with van der Waals surface area (Å²) in [7, 11) is 0. The summed E-state index contributed by atoms with van der Waals surface area (Å²) in [5, 5.41) is 2.35. The van der Waals surface area contributed by atoms with Crippen LogP contribution in [0.3, 0.4) is 0 Å². The zero-order chi connectivity index (χ0) is 12.4. The van der Waals surface area contributed by atoms with Gasteiger partial charge in [0.15, 0.2) is 4.67 Å². The number of rotatable bonds is 3. The van der Waals surface area contributed by atoms with Crippen LogP contribution in [0.25, 0.3) is 0 Å². The van der Waals surface area contributed by atoms with Gasteiger partial charge >= 0.3 is 0 Å². The molecule has 1 N–H and O–H groups in total. The largest absolute Gasteiger partial charge is 0.452 e. The highest BCUT2D eigenvalue weighted by atomic mass is 79.9. The van der Waals surface area contributed by atoms with Gasteiger partial charge in [-0.3, -0.25) is 0 Å². The molecule has 17 heavy (non-hydrogen) atoms. The maximum atomic E-state index is 5.56. The van der Waals surface area contributed by atoms with Gasteiger partial charge in [0.25, 0.3) is 0 Å². The highest BCUT2D eigenvalue weighted by Crippen LogP contribution is 2.27. The Labute approximate surface area is 119 Å². The molecule has 2 atom stereocenters. The quantitative estimate of drug-likeness (QED) is 0.874. The van der Waals surface area contributed by atoms with Crippen LogP contribution in [0.4, 0.5) is 0 Å². The van der Waals surface area contributed by atoms with Crippen LogP contribution in [0.5, 0.6) is 0 Å². The Balaban J connectivity index is 1.92. The monoisotopic (exact) mass is 364 g/mol. The zero-order valence-electron chi connectivity index (χ0n) is 10.2. The first-order valence-corrected chi connectivity index (χ1v) is 7.62. The summed E-state index contributed by atoms with van der Waals surface area (Å²) in [6, 6.07) is 3.19. The standard InChI is InChI=1S/C12H18Br2N2O/c1-8-4-3-5-9(2)16(8)15-7-10-6-11(13)12(14)17-10/h6,8-9,15H,3-5,7H2,1-2H3. The molecule has 1 fully saturated rings. The van der Waals surface area contributed by atoms with Gasteiger partial charge in [-0.1, -0.05) is 6.42 Å². The normalized spacial score (nSPS) is 26.4. The SMILES string of the molecule is CC1CCCC(C)N1NCc1cc(Br)c(Br)o1. The smallest absolute Gasteiger partial charge is 0.183 e. The summed E-state index contributed by atoms with van der Waals surface area (Å²) in [5.74, 6) is 0.939. The lowest BCUT2D eigenvalue weighted by molar-refractivity contribution is 0.0411. The van der Waals surface area contributed by atoms with Crippen LogP contribution in [0.2, 0.25) is 0 Å². The molecule has 1 aliphatic rings. The van der Waals surface area contributed by atoms with Gasteiger partial charge in [0.2, 0.25) is 0 Å². The van der Waals surface area contributed by atoms with Crippen molar-refractivity contribution in [2.45, 2.75) is 51.7 Å². The Hall–Kier alpha value is 0.160.